The topological polar surface area (TPSA) is 86.8 Å². The Morgan fingerprint density at radius 1 is 0.903 bits per heavy atom. The van der Waals surface area contributed by atoms with E-state index in [2.05, 4.69) is 14.9 Å². The third-order valence-electron chi connectivity index (χ3n) is 5.97. The van der Waals surface area contributed by atoms with Gasteiger partial charge < -0.3 is 20.0 Å². The Kier molecular flexibility index (Phi) is 5.99. The predicted molar refractivity (Wildman–Crippen MR) is 121 cm³/mol. The highest BCUT2D eigenvalue weighted by Crippen LogP contribution is 2.23. The van der Waals surface area contributed by atoms with Gasteiger partial charge >= 0.3 is 5.69 Å². The molecule has 8 nitrogen and oxygen atoms in total. The molecule has 1 aliphatic rings. The van der Waals surface area contributed by atoms with Crippen LogP contribution in [-0.2, 0) is 0 Å². The number of hydrogen-bond donors (Lipinski definition) is 2. The van der Waals surface area contributed by atoms with E-state index in [1.54, 1.807) is 19.1 Å². The highest BCUT2D eigenvalue weighted by molar-refractivity contribution is 5.54. The van der Waals surface area contributed by atoms with Gasteiger partial charge in [0.15, 0.2) is 0 Å². The first-order valence-electron chi connectivity index (χ1n) is 10.7. The molecular formula is C23H29N5O3. The molecule has 1 fully saturated rings. The summed E-state index contributed by atoms with van der Waals surface area (Å²) in [5, 5.41) is 23.6. The highest BCUT2D eigenvalue weighted by Gasteiger charge is 2.21. The molecule has 0 aliphatic carbocycles. The minimum absolute atomic E-state index is 0.247. The van der Waals surface area contributed by atoms with Gasteiger partial charge in [0.05, 0.1) is 17.8 Å². The Bertz CT molecular complexity index is 1050. The van der Waals surface area contributed by atoms with Gasteiger partial charge in [-0.3, -0.25) is 0 Å². The van der Waals surface area contributed by atoms with Crippen molar-refractivity contribution in [2.75, 3.05) is 36.0 Å². The third kappa shape index (κ3) is 4.29. The Morgan fingerprint density at radius 2 is 1.39 bits per heavy atom. The molecule has 3 aromatic rings. The maximum absolute atomic E-state index is 12.8. The monoisotopic (exact) mass is 423 g/mol. The van der Waals surface area contributed by atoms with E-state index in [1.807, 2.05) is 43.3 Å². The molecule has 0 bridgehead atoms. The summed E-state index contributed by atoms with van der Waals surface area (Å²) < 4.78 is 2.87. The standard InChI is InChI=1S/C23H29N5O3/c1-3-22(17(2)29)28-23(31)27(16-24-28)20-6-4-18(5-7-20)25-12-14-26(15-13-25)19-8-10-21(30)11-9-19/h4-11,16-17,22,29-30H,3,12-15H2,1-2H3/t17-,22-/m0/s1. The Morgan fingerprint density at radius 3 is 1.87 bits per heavy atom. The van der Waals surface area contributed by atoms with Gasteiger partial charge in [-0.15, -0.1) is 0 Å². The van der Waals surface area contributed by atoms with Crippen molar-refractivity contribution in [1.82, 2.24) is 14.3 Å². The summed E-state index contributed by atoms with van der Waals surface area (Å²) in [5.74, 6) is 0.281. The Hall–Kier alpha value is -3.26. The van der Waals surface area contributed by atoms with E-state index in [1.165, 1.54) is 15.6 Å². The smallest absolute Gasteiger partial charge is 0.350 e. The van der Waals surface area contributed by atoms with E-state index >= 15 is 0 Å². The molecule has 1 aromatic heterocycles. The number of phenolic OH excluding ortho intramolecular Hbond substituents is 1. The number of piperazine rings is 1. The second-order valence-electron chi connectivity index (χ2n) is 7.95. The van der Waals surface area contributed by atoms with Crippen LogP contribution in [0, 0.1) is 0 Å². The van der Waals surface area contributed by atoms with Gasteiger partial charge in [0.2, 0.25) is 0 Å². The van der Waals surface area contributed by atoms with E-state index in [4.69, 9.17) is 0 Å². The van der Waals surface area contributed by atoms with Gasteiger partial charge in [0.25, 0.3) is 0 Å². The van der Waals surface area contributed by atoms with Crippen molar-refractivity contribution < 1.29 is 10.2 Å². The van der Waals surface area contributed by atoms with Crippen LogP contribution >= 0.6 is 0 Å². The summed E-state index contributed by atoms with van der Waals surface area (Å²) in [6, 6.07) is 14.9. The molecule has 8 heteroatoms. The summed E-state index contributed by atoms with van der Waals surface area (Å²) in [4.78, 5) is 17.4. The highest BCUT2D eigenvalue weighted by atomic mass is 16.3. The lowest BCUT2D eigenvalue weighted by molar-refractivity contribution is 0.118. The molecule has 2 N–H and O–H groups in total. The van der Waals surface area contributed by atoms with Crippen LogP contribution in [0.15, 0.2) is 59.7 Å². The third-order valence-corrected chi connectivity index (χ3v) is 5.97. The molecule has 2 aromatic carbocycles. The molecule has 0 unspecified atom stereocenters. The second kappa shape index (κ2) is 8.85. The van der Waals surface area contributed by atoms with Crippen molar-refractivity contribution in [2.45, 2.75) is 32.4 Å². The first kappa shape index (κ1) is 21.0. The second-order valence-corrected chi connectivity index (χ2v) is 7.95. The largest absolute Gasteiger partial charge is 0.508 e. The van der Waals surface area contributed by atoms with Crippen LogP contribution in [0.3, 0.4) is 0 Å². The quantitative estimate of drug-likeness (QED) is 0.633. The first-order valence-corrected chi connectivity index (χ1v) is 10.7. The van der Waals surface area contributed by atoms with E-state index in [0.29, 0.717) is 6.42 Å². The van der Waals surface area contributed by atoms with E-state index in [-0.39, 0.29) is 17.5 Å². The molecule has 164 valence electrons. The number of phenols is 1. The number of rotatable bonds is 6. The van der Waals surface area contributed by atoms with E-state index in [9.17, 15) is 15.0 Å². The van der Waals surface area contributed by atoms with Crippen LogP contribution in [-0.4, -0.2) is 56.8 Å². The maximum atomic E-state index is 12.8. The molecule has 2 heterocycles. The van der Waals surface area contributed by atoms with Crippen molar-refractivity contribution in [3.8, 4) is 11.4 Å². The van der Waals surface area contributed by atoms with Crippen molar-refractivity contribution in [1.29, 1.82) is 0 Å². The van der Waals surface area contributed by atoms with Crippen molar-refractivity contribution in [2.24, 2.45) is 0 Å². The fourth-order valence-corrected chi connectivity index (χ4v) is 4.15. The number of aliphatic hydroxyl groups excluding tert-OH is 1. The van der Waals surface area contributed by atoms with Crippen LogP contribution in [0.1, 0.15) is 26.3 Å². The molecule has 0 radical (unpaired) electrons. The van der Waals surface area contributed by atoms with Gasteiger partial charge in [-0.1, -0.05) is 6.92 Å². The van der Waals surface area contributed by atoms with Crippen LogP contribution in [0.25, 0.3) is 5.69 Å². The zero-order chi connectivity index (χ0) is 22.0. The summed E-state index contributed by atoms with van der Waals surface area (Å²) >= 11 is 0. The average Bonchev–Trinajstić information content (AvgIpc) is 3.16. The molecule has 31 heavy (non-hydrogen) atoms. The van der Waals surface area contributed by atoms with Crippen LogP contribution in [0.4, 0.5) is 11.4 Å². The van der Waals surface area contributed by atoms with Gasteiger partial charge in [-0.05, 0) is 61.9 Å². The fourth-order valence-electron chi connectivity index (χ4n) is 4.15. The molecule has 0 saturated carbocycles. The summed E-state index contributed by atoms with van der Waals surface area (Å²) in [6.07, 6.45) is 1.50. The minimum Gasteiger partial charge on any atom is -0.508 e. The minimum atomic E-state index is -0.645. The van der Waals surface area contributed by atoms with Crippen LogP contribution in [0.5, 0.6) is 5.75 Å². The van der Waals surface area contributed by atoms with Crippen LogP contribution in [0.2, 0.25) is 0 Å². The lowest BCUT2D eigenvalue weighted by atomic mass is 10.1. The zero-order valence-electron chi connectivity index (χ0n) is 17.9. The fraction of sp³-hybridized carbons (Fsp3) is 0.391. The van der Waals surface area contributed by atoms with Crippen molar-refractivity contribution in [3.05, 3.63) is 65.3 Å². The Balaban J connectivity index is 1.44. The SMILES string of the molecule is CC[C@@H]([C@H](C)O)n1ncn(-c2ccc(N3CCN(c4ccc(O)cc4)CC3)cc2)c1=O. The predicted octanol–water partition coefficient (Wildman–Crippen LogP) is 2.40. The number of aromatic hydroxyl groups is 1. The number of hydrogen-bond acceptors (Lipinski definition) is 6. The number of benzene rings is 2. The summed E-state index contributed by atoms with van der Waals surface area (Å²) in [5.41, 5.74) is 2.74. The van der Waals surface area contributed by atoms with Gasteiger partial charge in [-0.25, -0.2) is 14.0 Å². The van der Waals surface area contributed by atoms with Gasteiger partial charge in [0, 0.05) is 37.6 Å². The molecule has 0 amide bonds. The normalized spacial score (nSPS) is 16.4. The molecule has 4 rings (SSSR count). The Labute approximate surface area is 181 Å². The van der Waals surface area contributed by atoms with E-state index in [0.717, 1.165) is 43.2 Å². The van der Waals surface area contributed by atoms with Crippen molar-refractivity contribution in [3.63, 3.8) is 0 Å². The molecular weight excluding hydrogens is 394 g/mol. The summed E-state index contributed by atoms with van der Waals surface area (Å²) in [7, 11) is 0. The zero-order valence-corrected chi connectivity index (χ0v) is 17.9. The van der Waals surface area contributed by atoms with Crippen molar-refractivity contribution >= 4 is 11.4 Å². The maximum Gasteiger partial charge on any atom is 0.350 e. The number of nitrogens with zero attached hydrogens (tertiary/aromatic N) is 5. The van der Waals surface area contributed by atoms with Gasteiger partial charge in [0.1, 0.15) is 12.1 Å². The lowest BCUT2D eigenvalue weighted by Gasteiger charge is -2.37. The molecule has 1 saturated heterocycles. The molecule has 1 aliphatic heterocycles. The molecule has 2 atom stereocenters. The van der Waals surface area contributed by atoms with Gasteiger partial charge in [-0.2, -0.15) is 5.10 Å². The van der Waals surface area contributed by atoms with Crippen LogP contribution < -0.4 is 15.5 Å². The first-order chi connectivity index (χ1) is 15.0. The molecule has 0 spiro atoms. The van der Waals surface area contributed by atoms with E-state index < -0.39 is 6.10 Å². The lowest BCUT2D eigenvalue weighted by Crippen LogP contribution is -2.46. The summed E-state index contributed by atoms with van der Waals surface area (Å²) in [6.45, 7) is 7.19. The average molecular weight is 424 g/mol. The number of aromatic nitrogens is 3. The number of anilines is 2. The number of aliphatic hydroxyl groups is 1.